The summed E-state index contributed by atoms with van der Waals surface area (Å²) in [6, 6.07) is 12.1. The molecule has 0 atom stereocenters. The molecule has 36 heavy (non-hydrogen) atoms. The average Bonchev–Trinajstić information content (AvgIpc) is 3.47. The maximum atomic E-state index is 12.7. The van der Waals surface area contributed by atoms with Crippen LogP contribution in [0.15, 0.2) is 52.0 Å². The smallest absolute Gasteiger partial charge is 0.338 e. The number of hydrogen-bond acceptors (Lipinski definition) is 8. The van der Waals surface area contributed by atoms with Gasteiger partial charge in [-0.3, -0.25) is 9.36 Å². The standard InChI is InChI=1S/C25H25ClN4O5S/c1-5-30-23(20-12-15-7-6-8-19(33-4)22(15)35-20)28-29-25(30)36-13-21(31)27-18-11-16(9-10-17(18)26)24(32)34-14(2)3/h6-12,14H,5,13H2,1-4H3,(H,27,31). The molecule has 0 aliphatic rings. The van der Waals surface area contributed by atoms with Gasteiger partial charge in [0.15, 0.2) is 22.2 Å². The van der Waals surface area contributed by atoms with Gasteiger partial charge in [0.05, 0.1) is 35.2 Å². The Morgan fingerprint density at radius 3 is 2.72 bits per heavy atom. The number of para-hydroxylation sites is 1. The molecule has 0 spiro atoms. The first-order valence-electron chi connectivity index (χ1n) is 11.2. The topological polar surface area (TPSA) is 108 Å². The van der Waals surface area contributed by atoms with Gasteiger partial charge in [-0.1, -0.05) is 35.5 Å². The highest BCUT2D eigenvalue weighted by molar-refractivity contribution is 7.99. The Labute approximate surface area is 217 Å². The molecule has 2 aromatic heterocycles. The zero-order valence-electron chi connectivity index (χ0n) is 20.2. The maximum absolute atomic E-state index is 12.7. The van der Waals surface area contributed by atoms with Crippen molar-refractivity contribution in [3.8, 4) is 17.3 Å². The molecule has 0 aliphatic heterocycles. The molecule has 0 bridgehead atoms. The van der Waals surface area contributed by atoms with Crippen LogP contribution in [0.2, 0.25) is 5.02 Å². The van der Waals surface area contributed by atoms with Crippen molar-refractivity contribution in [2.45, 2.75) is 38.6 Å². The van der Waals surface area contributed by atoms with Crippen LogP contribution in [-0.2, 0) is 16.1 Å². The van der Waals surface area contributed by atoms with Gasteiger partial charge in [-0.05, 0) is 51.1 Å². The van der Waals surface area contributed by atoms with E-state index in [1.807, 2.05) is 35.8 Å². The van der Waals surface area contributed by atoms with Gasteiger partial charge in [0.25, 0.3) is 0 Å². The van der Waals surface area contributed by atoms with Crippen molar-refractivity contribution in [2.75, 3.05) is 18.2 Å². The number of benzene rings is 2. The molecule has 0 fully saturated rings. The van der Waals surface area contributed by atoms with Crippen LogP contribution in [0.3, 0.4) is 0 Å². The van der Waals surface area contributed by atoms with Crippen molar-refractivity contribution in [3.05, 3.63) is 53.1 Å². The van der Waals surface area contributed by atoms with E-state index >= 15 is 0 Å². The quantitative estimate of drug-likeness (QED) is 0.219. The molecule has 1 N–H and O–H groups in total. The van der Waals surface area contributed by atoms with Gasteiger partial charge >= 0.3 is 5.97 Å². The zero-order chi connectivity index (χ0) is 25.8. The lowest BCUT2D eigenvalue weighted by atomic mass is 10.2. The van der Waals surface area contributed by atoms with Crippen molar-refractivity contribution in [1.82, 2.24) is 14.8 Å². The van der Waals surface area contributed by atoms with Crippen LogP contribution < -0.4 is 10.1 Å². The van der Waals surface area contributed by atoms with E-state index in [0.29, 0.717) is 50.9 Å². The van der Waals surface area contributed by atoms with Gasteiger partial charge in [0.2, 0.25) is 11.7 Å². The normalized spacial score (nSPS) is 11.2. The molecular weight excluding hydrogens is 504 g/mol. The van der Waals surface area contributed by atoms with Crippen molar-refractivity contribution in [1.29, 1.82) is 0 Å². The highest BCUT2D eigenvalue weighted by Gasteiger charge is 2.20. The van der Waals surface area contributed by atoms with Crippen LogP contribution in [0, 0.1) is 0 Å². The number of esters is 1. The van der Waals surface area contributed by atoms with E-state index in [9.17, 15) is 9.59 Å². The van der Waals surface area contributed by atoms with Crippen molar-refractivity contribution in [2.24, 2.45) is 0 Å². The Kier molecular flexibility index (Phi) is 7.85. The van der Waals surface area contributed by atoms with Gasteiger partial charge in [-0.25, -0.2) is 4.79 Å². The van der Waals surface area contributed by atoms with Crippen LogP contribution in [0.25, 0.3) is 22.6 Å². The minimum atomic E-state index is -0.488. The summed E-state index contributed by atoms with van der Waals surface area (Å²) in [5.74, 6) is 1.00. The SMILES string of the molecule is CCn1c(SCC(=O)Nc2cc(C(=O)OC(C)C)ccc2Cl)nnc1-c1cc2cccc(OC)c2o1. The molecular formula is C25H25ClN4O5S. The Morgan fingerprint density at radius 1 is 1.19 bits per heavy atom. The van der Waals surface area contributed by atoms with E-state index in [2.05, 4.69) is 15.5 Å². The Hall–Kier alpha value is -3.50. The van der Waals surface area contributed by atoms with Gasteiger partial charge in [0, 0.05) is 11.9 Å². The first kappa shape index (κ1) is 25.6. The van der Waals surface area contributed by atoms with E-state index in [0.717, 1.165) is 5.39 Å². The summed E-state index contributed by atoms with van der Waals surface area (Å²) >= 11 is 7.45. The molecule has 188 valence electrons. The molecule has 11 heteroatoms. The van der Waals surface area contributed by atoms with Crippen molar-refractivity contribution in [3.63, 3.8) is 0 Å². The molecule has 4 aromatic rings. The highest BCUT2D eigenvalue weighted by Crippen LogP contribution is 2.34. The minimum Gasteiger partial charge on any atom is -0.493 e. The molecule has 4 rings (SSSR count). The average molecular weight is 529 g/mol. The summed E-state index contributed by atoms with van der Waals surface area (Å²) in [5.41, 5.74) is 1.26. The molecule has 0 aliphatic carbocycles. The second-order valence-corrected chi connectivity index (χ2v) is 9.37. The number of anilines is 1. The third-order valence-electron chi connectivity index (χ3n) is 5.13. The summed E-state index contributed by atoms with van der Waals surface area (Å²) in [6.07, 6.45) is -0.259. The van der Waals surface area contributed by atoms with Crippen molar-refractivity contribution < 1.29 is 23.5 Å². The molecule has 0 unspecified atom stereocenters. The molecule has 0 radical (unpaired) electrons. The predicted octanol–water partition coefficient (Wildman–Crippen LogP) is 5.67. The molecule has 1 amide bonds. The van der Waals surface area contributed by atoms with E-state index in [1.54, 1.807) is 33.1 Å². The van der Waals surface area contributed by atoms with Crippen LogP contribution in [0.1, 0.15) is 31.1 Å². The highest BCUT2D eigenvalue weighted by atomic mass is 35.5. The van der Waals surface area contributed by atoms with Gasteiger partial charge in [-0.15, -0.1) is 10.2 Å². The lowest BCUT2D eigenvalue weighted by Crippen LogP contribution is -2.16. The fraction of sp³-hybridized carbons (Fsp3) is 0.280. The minimum absolute atomic E-state index is 0.0586. The fourth-order valence-electron chi connectivity index (χ4n) is 3.52. The number of rotatable bonds is 9. The number of fused-ring (bicyclic) bond motifs is 1. The Morgan fingerprint density at radius 2 is 2.00 bits per heavy atom. The number of carbonyl (C=O) groups is 2. The number of ether oxygens (including phenoxy) is 2. The van der Waals surface area contributed by atoms with Crippen LogP contribution in [0.5, 0.6) is 5.75 Å². The number of halogens is 1. The number of amides is 1. The number of aromatic nitrogens is 3. The number of nitrogens with one attached hydrogen (secondary N) is 1. The first-order chi connectivity index (χ1) is 17.3. The zero-order valence-corrected chi connectivity index (χ0v) is 21.8. The summed E-state index contributed by atoms with van der Waals surface area (Å²) in [6.45, 7) is 6.06. The lowest BCUT2D eigenvalue weighted by Gasteiger charge is -2.11. The van der Waals surface area contributed by atoms with E-state index in [-0.39, 0.29) is 17.8 Å². The van der Waals surface area contributed by atoms with Crippen molar-refractivity contribution >= 4 is 51.9 Å². The van der Waals surface area contributed by atoms with Crippen LogP contribution >= 0.6 is 23.4 Å². The third-order valence-corrected chi connectivity index (χ3v) is 6.43. The molecule has 2 heterocycles. The van der Waals surface area contributed by atoms with Crippen LogP contribution in [0.4, 0.5) is 5.69 Å². The maximum Gasteiger partial charge on any atom is 0.338 e. The Bertz CT molecular complexity index is 1410. The number of hydrogen-bond donors (Lipinski definition) is 1. The number of thioether (sulfide) groups is 1. The molecule has 9 nitrogen and oxygen atoms in total. The van der Waals surface area contributed by atoms with E-state index in [4.69, 9.17) is 25.5 Å². The second kappa shape index (κ2) is 11.0. The van der Waals surface area contributed by atoms with Gasteiger partial charge < -0.3 is 19.2 Å². The number of carbonyl (C=O) groups excluding carboxylic acids is 2. The second-order valence-electron chi connectivity index (χ2n) is 8.03. The summed E-state index contributed by atoms with van der Waals surface area (Å²) in [7, 11) is 1.59. The number of furan rings is 1. The summed E-state index contributed by atoms with van der Waals surface area (Å²) < 4.78 is 18.5. The monoisotopic (exact) mass is 528 g/mol. The summed E-state index contributed by atoms with van der Waals surface area (Å²) in [4.78, 5) is 24.8. The fourth-order valence-corrected chi connectivity index (χ4v) is 4.48. The van der Waals surface area contributed by atoms with Crippen LogP contribution in [-0.4, -0.2) is 45.6 Å². The molecule has 0 saturated carbocycles. The number of methoxy groups -OCH3 is 1. The van der Waals surface area contributed by atoms with Gasteiger partial charge in [-0.2, -0.15) is 0 Å². The van der Waals surface area contributed by atoms with Gasteiger partial charge in [0.1, 0.15) is 0 Å². The summed E-state index contributed by atoms with van der Waals surface area (Å²) in [5, 5.41) is 13.1. The lowest BCUT2D eigenvalue weighted by molar-refractivity contribution is -0.113. The Balaban J connectivity index is 1.47. The number of nitrogens with zero attached hydrogens (tertiary/aromatic N) is 3. The van der Waals surface area contributed by atoms with E-state index < -0.39 is 5.97 Å². The first-order valence-corrected chi connectivity index (χ1v) is 12.6. The molecule has 2 aromatic carbocycles. The largest absolute Gasteiger partial charge is 0.493 e. The van der Waals surface area contributed by atoms with E-state index in [1.165, 1.54) is 17.8 Å². The molecule has 0 saturated heterocycles. The predicted molar refractivity (Wildman–Crippen MR) is 139 cm³/mol. The third kappa shape index (κ3) is 5.50.